The lowest BCUT2D eigenvalue weighted by Gasteiger charge is -2.15. The lowest BCUT2D eigenvalue weighted by atomic mass is 10.0. The number of anilines is 1. The van der Waals surface area contributed by atoms with E-state index in [1.165, 1.54) is 42.6 Å². The first kappa shape index (κ1) is 12.9. The molecule has 2 aliphatic rings. The molecule has 7 heteroatoms. The molecule has 2 fully saturated rings. The number of aromatic nitrogens is 3. The molecule has 21 heavy (non-hydrogen) atoms. The van der Waals surface area contributed by atoms with Gasteiger partial charge in [-0.15, -0.1) is 0 Å². The Bertz CT molecular complexity index is 683. The Balaban J connectivity index is 1.61. The van der Waals surface area contributed by atoms with Crippen LogP contribution in [0.25, 0.3) is 5.52 Å². The van der Waals surface area contributed by atoms with Crippen molar-refractivity contribution < 1.29 is 13.2 Å². The fourth-order valence-electron chi connectivity index (χ4n) is 3.04. The third kappa shape index (κ3) is 2.24. The molecule has 0 saturated heterocycles. The predicted molar refractivity (Wildman–Crippen MR) is 70.9 cm³/mol. The first-order chi connectivity index (χ1) is 9.98. The Morgan fingerprint density at radius 1 is 1.33 bits per heavy atom. The van der Waals surface area contributed by atoms with Gasteiger partial charge >= 0.3 is 6.18 Å². The summed E-state index contributed by atoms with van der Waals surface area (Å²) in [6.45, 7) is 0.789. The van der Waals surface area contributed by atoms with Crippen molar-refractivity contribution in [3.8, 4) is 0 Å². The Kier molecular flexibility index (Phi) is 2.53. The van der Waals surface area contributed by atoms with Crippen molar-refractivity contribution in [3.63, 3.8) is 0 Å². The zero-order valence-corrected chi connectivity index (χ0v) is 11.3. The van der Waals surface area contributed by atoms with E-state index in [1.807, 2.05) is 0 Å². The average Bonchev–Trinajstić information content (AvgIpc) is 3.31. The predicted octanol–water partition coefficient (Wildman–Crippen LogP) is 3.35. The van der Waals surface area contributed by atoms with Crippen LogP contribution in [0.15, 0.2) is 18.5 Å². The topological polar surface area (TPSA) is 42.2 Å². The van der Waals surface area contributed by atoms with Gasteiger partial charge in [0.1, 0.15) is 5.52 Å². The minimum absolute atomic E-state index is 0.362. The second-order valence-corrected chi connectivity index (χ2v) is 6.12. The largest absolute Gasteiger partial charge is 0.435 e. The first-order valence-electron chi connectivity index (χ1n) is 7.13. The van der Waals surface area contributed by atoms with E-state index in [0.29, 0.717) is 16.7 Å². The fourth-order valence-corrected chi connectivity index (χ4v) is 3.04. The molecule has 0 aliphatic heterocycles. The molecule has 4 nitrogen and oxygen atoms in total. The van der Waals surface area contributed by atoms with Crippen LogP contribution in [0.1, 0.15) is 31.4 Å². The van der Waals surface area contributed by atoms with E-state index in [0.717, 1.165) is 18.5 Å². The highest BCUT2D eigenvalue weighted by Crippen LogP contribution is 2.61. The van der Waals surface area contributed by atoms with E-state index >= 15 is 0 Å². The van der Waals surface area contributed by atoms with Gasteiger partial charge in [-0.25, -0.2) is 9.50 Å². The van der Waals surface area contributed by atoms with Gasteiger partial charge in [-0.1, -0.05) is 0 Å². The molecule has 0 aromatic carbocycles. The maximum Gasteiger partial charge on any atom is 0.435 e. The van der Waals surface area contributed by atoms with Crippen LogP contribution in [0.2, 0.25) is 0 Å². The Morgan fingerprint density at radius 2 is 2.10 bits per heavy atom. The van der Waals surface area contributed by atoms with Crippen LogP contribution in [0.3, 0.4) is 0 Å². The smallest absolute Gasteiger partial charge is 0.368 e. The Hall–Kier alpha value is -1.79. The molecule has 0 amide bonds. The van der Waals surface area contributed by atoms with Crippen molar-refractivity contribution in [3.05, 3.63) is 24.2 Å². The van der Waals surface area contributed by atoms with Gasteiger partial charge in [-0.3, -0.25) is 0 Å². The molecular formula is C14H15F3N4. The van der Waals surface area contributed by atoms with Crippen LogP contribution in [0, 0.1) is 11.3 Å². The SMILES string of the molecule is FC(F)(F)c1cc2c(NCC3(C4CC4)CC3)nccn2n1. The number of nitrogens with one attached hydrogen (secondary N) is 1. The average molecular weight is 296 g/mol. The summed E-state index contributed by atoms with van der Waals surface area (Å²) in [5.74, 6) is 1.27. The van der Waals surface area contributed by atoms with Gasteiger partial charge in [-0.05, 0) is 37.0 Å². The van der Waals surface area contributed by atoms with Crippen molar-refractivity contribution in [2.24, 2.45) is 11.3 Å². The lowest BCUT2D eigenvalue weighted by Crippen LogP contribution is -2.18. The first-order valence-corrected chi connectivity index (χ1v) is 7.13. The molecule has 112 valence electrons. The zero-order chi connectivity index (χ0) is 14.7. The van der Waals surface area contributed by atoms with E-state index in [-0.39, 0.29) is 0 Å². The van der Waals surface area contributed by atoms with Crippen molar-refractivity contribution >= 4 is 11.3 Å². The van der Waals surface area contributed by atoms with Gasteiger partial charge in [0.05, 0.1) is 0 Å². The molecule has 2 saturated carbocycles. The highest BCUT2D eigenvalue weighted by atomic mass is 19.4. The molecular weight excluding hydrogens is 281 g/mol. The maximum absolute atomic E-state index is 12.7. The standard InChI is InChI=1S/C14H15F3N4/c15-14(16,17)11-7-10-12(18-5-6-21(10)20-11)19-8-13(3-4-13)9-1-2-9/h5-7,9H,1-4,8H2,(H,18,19). The van der Waals surface area contributed by atoms with Crippen LogP contribution in [-0.4, -0.2) is 21.1 Å². The quantitative estimate of drug-likeness (QED) is 0.941. The summed E-state index contributed by atoms with van der Waals surface area (Å²) in [6.07, 6.45) is 3.45. The Labute approximate surface area is 119 Å². The highest BCUT2D eigenvalue weighted by molar-refractivity contribution is 5.68. The number of fused-ring (bicyclic) bond motifs is 1. The molecule has 4 rings (SSSR count). The number of hydrogen-bond donors (Lipinski definition) is 1. The summed E-state index contributed by atoms with van der Waals surface area (Å²) >= 11 is 0. The summed E-state index contributed by atoms with van der Waals surface area (Å²) in [5, 5.41) is 6.80. The number of hydrogen-bond acceptors (Lipinski definition) is 3. The van der Waals surface area contributed by atoms with Crippen LogP contribution >= 0.6 is 0 Å². The van der Waals surface area contributed by atoms with E-state index < -0.39 is 11.9 Å². The molecule has 0 unspecified atom stereocenters. The molecule has 2 aliphatic carbocycles. The lowest BCUT2D eigenvalue weighted by molar-refractivity contribution is -0.141. The van der Waals surface area contributed by atoms with E-state index in [9.17, 15) is 13.2 Å². The van der Waals surface area contributed by atoms with Crippen LogP contribution < -0.4 is 5.32 Å². The van der Waals surface area contributed by atoms with Gasteiger partial charge < -0.3 is 5.32 Å². The number of alkyl halides is 3. The summed E-state index contributed by atoms with van der Waals surface area (Å²) in [4.78, 5) is 4.17. The van der Waals surface area contributed by atoms with Gasteiger partial charge in [0.2, 0.25) is 0 Å². The van der Waals surface area contributed by atoms with Crippen molar-refractivity contribution in [1.82, 2.24) is 14.6 Å². The molecule has 0 atom stereocenters. The third-order valence-corrected chi connectivity index (χ3v) is 4.62. The normalized spacial score (nSPS) is 20.7. The van der Waals surface area contributed by atoms with Crippen LogP contribution in [0.4, 0.5) is 19.0 Å². The monoisotopic (exact) mass is 296 g/mol. The molecule has 0 spiro atoms. The highest BCUT2D eigenvalue weighted by Gasteiger charge is 2.53. The molecule has 1 N–H and O–H groups in total. The van der Waals surface area contributed by atoms with Crippen LogP contribution in [0.5, 0.6) is 0 Å². The zero-order valence-electron chi connectivity index (χ0n) is 11.3. The van der Waals surface area contributed by atoms with Gasteiger partial charge in [0.25, 0.3) is 0 Å². The van der Waals surface area contributed by atoms with Crippen LogP contribution in [-0.2, 0) is 6.18 Å². The molecule has 0 bridgehead atoms. The molecule has 0 radical (unpaired) electrons. The third-order valence-electron chi connectivity index (χ3n) is 4.62. The van der Waals surface area contributed by atoms with Crippen molar-refractivity contribution in [2.45, 2.75) is 31.9 Å². The second-order valence-electron chi connectivity index (χ2n) is 6.12. The Morgan fingerprint density at radius 3 is 2.71 bits per heavy atom. The maximum atomic E-state index is 12.7. The second kappa shape index (κ2) is 4.11. The van der Waals surface area contributed by atoms with Gasteiger partial charge in [0.15, 0.2) is 11.5 Å². The van der Waals surface area contributed by atoms with E-state index in [2.05, 4.69) is 15.4 Å². The molecule has 2 aromatic heterocycles. The van der Waals surface area contributed by atoms with Crippen molar-refractivity contribution in [1.29, 1.82) is 0 Å². The summed E-state index contributed by atoms with van der Waals surface area (Å²) in [7, 11) is 0. The van der Waals surface area contributed by atoms with Crippen molar-refractivity contribution in [2.75, 3.05) is 11.9 Å². The van der Waals surface area contributed by atoms with E-state index in [1.54, 1.807) is 0 Å². The fraction of sp³-hybridized carbons (Fsp3) is 0.571. The van der Waals surface area contributed by atoms with Gasteiger partial charge in [-0.2, -0.15) is 18.3 Å². The van der Waals surface area contributed by atoms with E-state index in [4.69, 9.17) is 0 Å². The summed E-state index contributed by atoms with van der Waals surface area (Å²) in [5.41, 5.74) is -0.153. The molecule has 2 heterocycles. The summed E-state index contributed by atoms with van der Waals surface area (Å²) < 4.78 is 39.5. The minimum Gasteiger partial charge on any atom is -0.368 e. The minimum atomic E-state index is -4.44. The van der Waals surface area contributed by atoms with Gasteiger partial charge in [0, 0.05) is 25.0 Å². The number of nitrogens with zero attached hydrogens (tertiary/aromatic N) is 3. The molecule has 2 aromatic rings. The number of halogens is 3. The summed E-state index contributed by atoms with van der Waals surface area (Å²) in [6, 6.07) is 1.05. The number of rotatable bonds is 4.